The number of rotatable bonds is 1. The van der Waals surface area contributed by atoms with E-state index in [2.05, 4.69) is 30.1 Å². The number of benzene rings is 1. The number of hydrogen-bond donors (Lipinski definition) is 0. The van der Waals surface area contributed by atoms with Crippen LogP contribution in [0.1, 0.15) is 49.1 Å². The van der Waals surface area contributed by atoms with E-state index >= 15 is 0 Å². The van der Waals surface area contributed by atoms with E-state index in [9.17, 15) is 0 Å². The number of hydrogen-bond acceptors (Lipinski definition) is 2. The Balaban J connectivity index is 1.84. The lowest BCUT2D eigenvalue weighted by atomic mass is 9.55. The smallest absolute Gasteiger partial charge is 0.119 e. The van der Waals surface area contributed by atoms with Crippen molar-refractivity contribution in [3.8, 4) is 5.75 Å². The van der Waals surface area contributed by atoms with Crippen LogP contribution in [0.3, 0.4) is 0 Å². The molecule has 2 aliphatic carbocycles. The summed E-state index contributed by atoms with van der Waals surface area (Å²) in [6.07, 6.45) is 8.29. The van der Waals surface area contributed by atoms with Crippen molar-refractivity contribution in [2.75, 3.05) is 20.7 Å². The van der Waals surface area contributed by atoms with Crippen LogP contribution in [0.25, 0.3) is 0 Å². The van der Waals surface area contributed by atoms with Gasteiger partial charge < -0.3 is 9.64 Å². The molecule has 1 saturated heterocycles. The van der Waals surface area contributed by atoms with Crippen molar-refractivity contribution in [2.45, 2.75) is 50.5 Å². The van der Waals surface area contributed by atoms with E-state index in [1.165, 1.54) is 45.1 Å². The second-order valence-electron chi connectivity index (χ2n) is 7.05. The van der Waals surface area contributed by atoms with Gasteiger partial charge in [0.25, 0.3) is 0 Å². The van der Waals surface area contributed by atoms with Gasteiger partial charge in [0.1, 0.15) is 5.75 Å². The molecule has 2 heteroatoms. The number of nitrogens with zero attached hydrogens (tertiary/aromatic N) is 1. The second-order valence-corrected chi connectivity index (χ2v) is 7.05. The zero-order valence-electron chi connectivity index (χ0n) is 12.7. The van der Waals surface area contributed by atoms with Gasteiger partial charge in [-0.05, 0) is 73.9 Å². The van der Waals surface area contributed by atoms with Crippen LogP contribution in [0.5, 0.6) is 5.75 Å². The van der Waals surface area contributed by atoms with Crippen LogP contribution >= 0.6 is 0 Å². The lowest BCUT2D eigenvalue weighted by molar-refractivity contribution is 0.0807. The van der Waals surface area contributed by atoms with E-state index in [1.54, 1.807) is 18.2 Å². The van der Waals surface area contributed by atoms with Crippen LogP contribution in [0.4, 0.5) is 0 Å². The maximum absolute atomic E-state index is 5.48. The zero-order chi connectivity index (χ0) is 13.7. The third-order valence-electron chi connectivity index (χ3n) is 6.35. The molecule has 2 nitrogen and oxygen atoms in total. The first-order valence-electron chi connectivity index (χ1n) is 8.12. The SMILES string of the molecule is COc1ccc2c(c1)[C@@H]1CCCC[C@@]13CCN(C)[C@@H]3C2. The number of fused-ring (bicyclic) bond motifs is 2. The van der Waals surface area contributed by atoms with Gasteiger partial charge in [-0.3, -0.25) is 0 Å². The summed E-state index contributed by atoms with van der Waals surface area (Å²) >= 11 is 0. The van der Waals surface area contributed by atoms with Gasteiger partial charge in [0.2, 0.25) is 0 Å². The number of methoxy groups -OCH3 is 1. The van der Waals surface area contributed by atoms with E-state index in [1.807, 2.05) is 0 Å². The van der Waals surface area contributed by atoms with Gasteiger partial charge in [-0.25, -0.2) is 0 Å². The molecule has 3 atom stereocenters. The van der Waals surface area contributed by atoms with Gasteiger partial charge in [0, 0.05) is 6.04 Å². The predicted octanol–water partition coefficient (Wildman–Crippen LogP) is 3.60. The molecule has 0 aromatic heterocycles. The van der Waals surface area contributed by atoms with Crippen molar-refractivity contribution in [1.82, 2.24) is 4.90 Å². The molecule has 2 fully saturated rings. The van der Waals surface area contributed by atoms with Crippen molar-refractivity contribution in [3.63, 3.8) is 0 Å². The highest BCUT2D eigenvalue weighted by Crippen LogP contribution is 2.59. The molecule has 0 N–H and O–H groups in total. The standard InChI is InChI=1S/C18H25NO/c1-19-10-9-18-8-4-3-5-16(18)15-12-14(20-2)7-6-13(15)11-17(18)19/h6-7,12,16-17H,3-5,8-11H2,1-2H3/t16-,17+,18+/m0/s1. The molecular formula is C18H25NO. The first kappa shape index (κ1) is 12.7. The van der Waals surface area contributed by atoms with Crippen LogP contribution in [0.15, 0.2) is 18.2 Å². The van der Waals surface area contributed by atoms with Gasteiger partial charge in [-0.15, -0.1) is 0 Å². The Morgan fingerprint density at radius 2 is 2.15 bits per heavy atom. The molecular weight excluding hydrogens is 246 g/mol. The van der Waals surface area contributed by atoms with E-state index in [0.29, 0.717) is 5.41 Å². The fraction of sp³-hybridized carbons (Fsp3) is 0.667. The Hall–Kier alpha value is -1.02. The average Bonchev–Trinajstić information content (AvgIpc) is 2.81. The zero-order valence-corrected chi connectivity index (χ0v) is 12.7. The second kappa shape index (κ2) is 4.49. The Kier molecular flexibility index (Phi) is 2.85. The van der Waals surface area contributed by atoms with E-state index in [-0.39, 0.29) is 0 Å². The van der Waals surface area contributed by atoms with Crippen molar-refractivity contribution >= 4 is 0 Å². The number of likely N-dealkylation sites (N-methyl/N-ethyl adjacent to an activating group) is 1. The summed E-state index contributed by atoms with van der Waals surface area (Å²) in [5, 5.41) is 0. The third kappa shape index (κ3) is 1.60. The number of likely N-dealkylation sites (tertiary alicyclic amines) is 1. The van der Waals surface area contributed by atoms with Gasteiger partial charge in [-0.1, -0.05) is 18.9 Å². The monoisotopic (exact) mass is 271 g/mol. The van der Waals surface area contributed by atoms with Gasteiger partial charge in [0.05, 0.1) is 7.11 Å². The first-order valence-corrected chi connectivity index (χ1v) is 8.12. The fourth-order valence-corrected chi connectivity index (χ4v) is 5.35. The van der Waals surface area contributed by atoms with Gasteiger partial charge in [0.15, 0.2) is 0 Å². The predicted molar refractivity (Wildman–Crippen MR) is 81.4 cm³/mol. The highest BCUT2D eigenvalue weighted by molar-refractivity contribution is 5.43. The first-order chi connectivity index (χ1) is 9.74. The van der Waals surface area contributed by atoms with Crippen LogP contribution in [-0.4, -0.2) is 31.6 Å². The molecule has 0 unspecified atom stereocenters. The van der Waals surface area contributed by atoms with Crippen molar-refractivity contribution in [1.29, 1.82) is 0 Å². The molecule has 3 aliphatic rings. The maximum atomic E-state index is 5.48. The fourth-order valence-electron chi connectivity index (χ4n) is 5.35. The number of ether oxygens (including phenoxy) is 1. The molecule has 20 heavy (non-hydrogen) atoms. The summed E-state index contributed by atoms with van der Waals surface area (Å²) in [6, 6.07) is 7.57. The third-order valence-corrected chi connectivity index (χ3v) is 6.35. The highest BCUT2D eigenvalue weighted by Gasteiger charge is 2.54. The summed E-state index contributed by atoms with van der Waals surface area (Å²) in [6.45, 7) is 1.28. The molecule has 0 radical (unpaired) electrons. The summed E-state index contributed by atoms with van der Waals surface area (Å²) < 4.78 is 5.48. The molecule has 1 aromatic rings. The molecule has 108 valence electrons. The molecule has 0 bridgehead atoms. The van der Waals surface area contributed by atoms with Gasteiger partial charge >= 0.3 is 0 Å². The minimum Gasteiger partial charge on any atom is -0.497 e. The van der Waals surface area contributed by atoms with E-state index < -0.39 is 0 Å². The normalized spacial score (nSPS) is 36.1. The van der Waals surface area contributed by atoms with E-state index in [4.69, 9.17) is 4.74 Å². The average molecular weight is 271 g/mol. The van der Waals surface area contributed by atoms with E-state index in [0.717, 1.165) is 17.7 Å². The van der Waals surface area contributed by atoms with Crippen LogP contribution in [0, 0.1) is 5.41 Å². The molecule has 1 aliphatic heterocycles. The largest absolute Gasteiger partial charge is 0.497 e. The summed E-state index contributed by atoms with van der Waals surface area (Å²) in [4.78, 5) is 2.63. The summed E-state index contributed by atoms with van der Waals surface area (Å²) in [7, 11) is 4.12. The molecule has 1 saturated carbocycles. The van der Waals surface area contributed by atoms with Crippen LogP contribution in [0.2, 0.25) is 0 Å². The summed E-state index contributed by atoms with van der Waals surface area (Å²) in [5.41, 5.74) is 3.74. The Morgan fingerprint density at radius 1 is 1.25 bits per heavy atom. The minimum absolute atomic E-state index is 0.562. The molecule has 0 amide bonds. The lowest BCUT2D eigenvalue weighted by Crippen LogP contribution is -2.48. The van der Waals surface area contributed by atoms with Crippen molar-refractivity contribution < 1.29 is 4.74 Å². The molecule has 1 heterocycles. The quantitative estimate of drug-likeness (QED) is 0.774. The van der Waals surface area contributed by atoms with Crippen LogP contribution in [-0.2, 0) is 6.42 Å². The Labute approximate surface area is 122 Å². The minimum atomic E-state index is 0.562. The van der Waals surface area contributed by atoms with Crippen molar-refractivity contribution in [2.24, 2.45) is 5.41 Å². The Bertz CT molecular complexity index is 522. The molecule has 1 spiro atoms. The maximum Gasteiger partial charge on any atom is 0.119 e. The topological polar surface area (TPSA) is 12.5 Å². The summed E-state index contributed by atoms with van der Waals surface area (Å²) in [5.74, 6) is 1.80. The molecule has 4 rings (SSSR count). The lowest BCUT2D eigenvalue weighted by Gasteiger charge is -2.51. The van der Waals surface area contributed by atoms with Crippen molar-refractivity contribution in [3.05, 3.63) is 29.3 Å². The highest BCUT2D eigenvalue weighted by atomic mass is 16.5. The Morgan fingerprint density at radius 3 is 3.00 bits per heavy atom. The molecule has 1 aromatic carbocycles. The van der Waals surface area contributed by atoms with Crippen LogP contribution < -0.4 is 4.74 Å². The van der Waals surface area contributed by atoms with Gasteiger partial charge in [-0.2, -0.15) is 0 Å².